The zero-order chi connectivity index (χ0) is 23.6. The fraction of sp³-hybridized carbons (Fsp3) is 0.160. The van der Waals surface area contributed by atoms with Gasteiger partial charge in [0, 0.05) is 18.2 Å². The predicted octanol–water partition coefficient (Wildman–Crippen LogP) is 3.24. The Labute approximate surface area is 191 Å². The SMILES string of the molecule is COCCOc1ccc(-c2ccc(C(=O)NNC(=O)c3ccc(C(=O)OC)cc3)cc2)cc1. The number of hydrogen-bond donors (Lipinski definition) is 2. The lowest BCUT2D eigenvalue weighted by atomic mass is 10.0. The zero-order valence-electron chi connectivity index (χ0n) is 18.3. The average Bonchev–Trinajstić information content (AvgIpc) is 2.87. The van der Waals surface area contributed by atoms with Gasteiger partial charge in [0.25, 0.3) is 11.8 Å². The Balaban J connectivity index is 1.54. The van der Waals surface area contributed by atoms with E-state index in [1.54, 1.807) is 19.2 Å². The molecule has 3 rings (SSSR count). The number of amides is 2. The Morgan fingerprint density at radius 1 is 0.636 bits per heavy atom. The van der Waals surface area contributed by atoms with Crippen molar-refractivity contribution in [3.05, 3.63) is 89.5 Å². The number of hydrogen-bond acceptors (Lipinski definition) is 6. The number of hydrazine groups is 1. The predicted molar refractivity (Wildman–Crippen MR) is 122 cm³/mol. The van der Waals surface area contributed by atoms with Gasteiger partial charge in [0.05, 0.1) is 19.3 Å². The first-order valence-corrected chi connectivity index (χ1v) is 10.1. The standard InChI is InChI=1S/C25H24N2O6/c1-31-15-16-33-22-13-11-18(12-14-22)17-3-5-19(6-4-17)23(28)26-27-24(29)20-7-9-21(10-8-20)25(30)32-2/h3-14H,15-16H2,1-2H3,(H,26,28)(H,27,29). The summed E-state index contributed by atoms with van der Waals surface area (Å²) in [5, 5.41) is 0. The van der Waals surface area contributed by atoms with Gasteiger partial charge in [-0.25, -0.2) is 4.79 Å². The number of carbonyl (C=O) groups excluding carboxylic acids is 3. The summed E-state index contributed by atoms with van der Waals surface area (Å²) in [5.41, 5.74) is 7.65. The van der Waals surface area contributed by atoms with Crippen LogP contribution in [0.3, 0.4) is 0 Å². The number of nitrogens with one attached hydrogen (secondary N) is 2. The molecule has 0 saturated heterocycles. The molecule has 2 N–H and O–H groups in total. The van der Waals surface area contributed by atoms with Gasteiger partial charge in [-0.15, -0.1) is 0 Å². The highest BCUT2D eigenvalue weighted by molar-refractivity contribution is 6.00. The molecule has 33 heavy (non-hydrogen) atoms. The van der Waals surface area contributed by atoms with Gasteiger partial charge < -0.3 is 14.2 Å². The highest BCUT2D eigenvalue weighted by Gasteiger charge is 2.11. The lowest BCUT2D eigenvalue weighted by Gasteiger charge is -2.09. The molecule has 0 aromatic heterocycles. The molecule has 8 heteroatoms. The van der Waals surface area contributed by atoms with Crippen molar-refractivity contribution in [2.24, 2.45) is 0 Å². The molecule has 2 amide bonds. The lowest BCUT2D eigenvalue weighted by Crippen LogP contribution is -2.41. The topological polar surface area (TPSA) is 103 Å². The third kappa shape index (κ3) is 6.41. The van der Waals surface area contributed by atoms with E-state index in [-0.39, 0.29) is 5.56 Å². The van der Waals surface area contributed by atoms with Crippen LogP contribution in [-0.2, 0) is 9.47 Å². The number of carbonyl (C=O) groups is 3. The summed E-state index contributed by atoms with van der Waals surface area (Å²) in [6.07, 6.45) is 0. The molecule has 0 aliphatic rings. The van der Waals surface area contributed by atoms with Crippen molar-refractivity contribution in [1.82, 2.24) is 10.9 Å². The van der Waals surface area contributed by atoms with Crippen molar-refractivity contribution in [2.75, 3.05) is 27.4 Å². The molecule has 3 aromatic carbocycles. The summed E-state index contributed by atoms with van der Waals surface area (Å²) >= 11 is 0. The first kappa shape index (κ1) is 23.5. The van der Waals surface area contributed by atoms with Gasteiger partial charge in [0.15, 0.2) is 0 Å². The molecule has 0 spiro atoms. The monoisotopic (exact) mass is 448 g/mol. The van der Waals surface area contributed by atoms with E-state index in [1.165, 1.54) is 31.4 Å². The van der Waals surface area contributed by atoms with E-state index < -0.39 is 17.8 Å². The van der Waals surface area contributed by atoms with Crippen LogP contribution < -0.4 is 15.6 Å². The van der Waals surface area contributed by atoms with E-state index in [2.05, 4.69) is 15.6 Å². The third-order valence-corrected chi connectivity index (χ3v) is 4.75. The summed E-state index contributed by atoms with van der Waals surface area (Å²) in [6, 6.07) is 20.5. The second-order valence-electron chi connectivity index (χ2n) is 6.92. The number of methoxy groups -OCH3 is 2. The van der Waals surface area contributed by atoms with E-state index in [4.69, 9.17) is 9.47 Å². The van der Waals surface area contributed by atoms with Crippen LogP contribution in [0.25, 0.3) is 11.1 Å². The van der Waals surface area contributed by atoms with Crippen molar-refractivity contribution in [1.29, 1.82) is 0 Å². The molecule has 0 heterocycles. The Bertz CT molecular complexity index is 1090. The van der Waals surface area contributed by atoms with Gasteiger partial charge in [0.1, 0.15) is 12.4 Å². The Hall–Kier alpha value is -4.17. The van der Waals surface area contributed by atoms with Gasteiger partial charge >= 0.3 is 5.97 Å². The Morgan fingerprint density at radius 3 is 1.58 bits per heavy atom. The van der Waals surface area contributed by atoms with Crippen LogP contribution in [-0.4, -0.2) is 45.2 Å². The summed E-state index contributed by atoms with van der Waals surface area (Å²) in [4.78, 5) is 36.0. The highest BCUT2D eigenvalue weighted by Crippen LogP contribution is 2.23. The Morgan fingerprint density at radius 2 is 1.09 bits per heavy atom. The summed E-state index contributed by atoms with van der Waals surface area (Å²) in [6.45, 7) is 1.00. The van der Waals surface area contributed by atoms with Gasteiger partial charge in [0.2, 0.25) is 0 Å². The molecule has 0 bridgehead atoms. The lowest BCUT2D eigenvalue weighted by molar-refractivity contribution is 0.0600. The number of rotatable bonds is 8. The van der Waals surface area contributed by atoms with Crippen LogP contribution in [0, 0.1) is 0 Å². The minimum atomic E-state index is -0.510. The van der Waals surface area contributed by atoms with Crippen molar-refractivity contribution in [3.8, 4) is 16.9 Å². The fourth-order valence-electron chi connectivity index (χ4n) is 2.93. The van der Waals surface area contributed by atoms with Crippen molar-refractivity contribution >= 4 is 17.8 Å². The van der Waals surface area contributed by atoms with Crippen LogP contribution in [0.1, 0.15) is 31.1 Å². The largest absolute Gasteiger partial charge is 0.491 e. The maximum Gasteiger partial charge on any atom is 0.337 e. The second kappa shape index (κ2) is 11.4. The molecule has 0 fully saturated rings. The molecule has 0 aliphatic carbocycles. The van der Waals surface area contributed by atoms with Crippen LogP contribution in [0.15, 0.2) is 72.8 Å². The molecule has 0 atom stereocenters. The highest BCUT2D eigenvalue weighted by atomic mass is 16.5. The minimum absolute atomic E-state index is 0.285. The van der Waals surface area contributed by atoms with Crippen LogP contribution in [0.4, 0.5) is 0 Å². The van der Waals surface area contributed by atoms with Crippen LogP contribution in [0.2, 0.25) is 0 Å². The molecule has 0 saturated carbocycles. The third-order valence-electron chi connectivity index (χ3n) is 4.75. The number of benzene rings is 3. The zero-order valence-corrected chi connectivity index (χ0v) is 18.3. The van der Waals surface area contributed by atoms with Gasteiger partial charge in [-0.2, -0.15) is 0 Å². The maximum absolute atomic E-state index is 12.4. The molecule has 8 nitrogen and oxygen atoms in total. The first-order valence-electron chi connectivity index (χ1n) is 10.1. The summed E-state index contributed by atoms with van der Waals surface area (Å²) < 4.78 is 15.1. The van der Waals surface area contributed by atoms with E-state index in [1.807, 2.05) is 36.4 Å². The van der Waals surface area contributed by atoms with E-state index >= 15 is 0 Å². The molecule has 0 unspecified atom stereocenters. The van der Waals surface area contributed by atoms with Crippen LogP contribution >= 0.6 is 0 Å². The smallest absolute Gasteiger partial charge is 0.337 e. The average molecular weight is 448 g/mol. The summed E-state index contributed by atoms with van der Waals surface area (Å²) in [5.74, 6) is -0.709. The normalized spacial score (nSPS) is 10.2. The number of esters is 1. The van der Waals surface area contributed by atoms with Crippen molar-refractivity contribution in [2.45, 2.75) is 0 Å². The van der Waals surface area contributed by atoms with Gasteiger partial charge in [-0.1, -0.05) is 24.3 Å². The second-order valence-corrected chi connectivity index (χ2v) is 6.92. The van der Waals surface area contributed by atoms with Crippen molar-refractivity contribution < 1.29 is 28.6 Å². The molecule has 0 radical (unpaired) electrons. The molecular weight excluding hydrogens is 424 g/mol. The van der Waals surface area contributed by atoms with E-state index in [0.717, 1.165) is 16.9 Å². The number of ether oxygens (including phenoxy) is 3. The van der Waals surface area contributed by atoms with Crippen LogP contribution in [0.5, 0.6) is 5.75 Å². The Kier molecular flexibility index (Phi) is 8.15. The van der Waals surface area contributed by atoms with E-state index in [9.17, 15) is 14.4 Å². The maximum atomic E-state index is 12.4. The van der Waals surface area contributed by atoms with Gasteiger partial charge in [-0.05, 0) is 59.7 Å². The van der Waals surface area contributed by atoms with E-state index in [0.29, 0.717) is 24.3 Å². The molecule has 3 aromatic rings. The molecular formula is C25H24N2O6. The molecule has 170 valence electrons. The van der Waals surface area contributed by atoms with Crippen molar-refractivity contribution in [3.63, 3.8) is 0 Å². The minimum Gasteiger partial charge on any atom is -0.491 e. The molecule has 0 aliphatic heterocycles. The quantitative estimate of drug-likeness (QED) is 0.312. The first-order chi connectivity index (χ1) is 16.0. The fourth-order valence-corrected chi connectivity index (χ4v) is 2.93. The van der Waals surface area contributed by atoms with Gasteiger partial charge in [-0.3, -0.25) is 20.4 Å². The summed E-state index contributed by atoms with van der Waals surface area (Å²) in [7, 11) is 2.90.